The number of piperidine rings is 1. The van der Waals surface area contributed by atoms with Crippen molar-refractivity contribution in [1.29, 1.82) is 0 Å². The SMILES string of the molecule is COc1cnccc1C(=O)N1CCC2(CCC2NC(=O)CCc2ccccc2)CC1. The van der Waals surface area contributed by atoms with Crippen molar-refractivity contribution in [2.75, 3.05) is 20.2 Å². The van der Waals surface area contributed by atoms with Crippen molar-refractivity contribution >= 4 is 11.8 Å². The third kappa shape index (κ3) is 4.18. The van der Waals surface area contributed by atoms with Crippen LogP contribution in [-0.2, 0) is 11.2 Å². The largest absolute Gasteiger partial charge is 0.494 e. The van der Waals surface area contributed by atoms with Crippen molar-refractivity contribution in [1.82, 2.24) is 15.2 Å². The van der Waals surface area contributed by atoms with Crippen molar-refractivity contribution in [3.8, 4) is 5.75 Å². The van der Waals surface area contributed by atoms with Gasteiger partial charge < -0.3 is 15.0 Å². The van der Waals surface area contributed by atoms with Gasteiger partial charge in [-0.2, -0.15) is 0 Å². The Hall–Kier alpha value is -2.89. The van der Waals surface area contributed by atoms with Gasteiger partial charge in [0.05, 0.1) is 18.9 Å². The molecule has 0 radical (unpaired) electrons. The zero-order chi connectivity index (χ0) is 21.0. The summed E-state index contributed by atoms with van der Waals surface area (Å²) in [5.41, 5.74) is 1.89. The first kappa shape index (κ1) is 20.4. The smallest absolute Gasteiger partial charge is 0.257 e. The molecule has 2 fully saturated rings. The summed E-state index contributed by atoms with van der Waals surface area (Å²) >= 11 is 0. The predicted molar refractivity (Wildman–Crippen MR) is 114 cm³/mol. The third-order valence-electron chi connectivity index (χ3n) is 6.77. The second-order valence-corrected chi connectivity index (χ2v) is 8.37. The highest BCUT2D eigenvalue weighted by molar-refractivity contribution is 5.96. The average Bonchev–Trinajstić information content (AvgIpc) is 2.80. The Kier molecular flexibility index (Phi) is 6.02. The molecule has 1 unspecified atom stereocenters. The van der Waals surface area contributed by atoms with Crippen molar-refractivity contribution in [2.45, 2.75) is 44.6 Å². The van der Waals surface area contributed by atoms with Crippen LogP contribution in [0.15, 0.2) is 48.8 Å². The molecule has 4 rings (SSSR count). The van der Waals surface area contributed by atoms with E-state index in [2.05, 4.69) is 22.4 Å². The van der Waals surface area contributed by atoms with Crippen LogP contribution in [0.1, 0.15) is 48.0 Å². The molecule has 1 N–H and O–H groups in total. The molecule has 1 atom stereocenters. The molecule has 1 aliphatic heterocycles. The van der Waals surface area contributed by atoms with E-state index in [1.165, 1.54) is 5.56 Å². The first-order valence-electron chi connectivity index (χ1n) is 10.7. The topological polar surface area (TPSA) is 71.5 Å². The van der Waals surface area contributed by atoms with E-state index in [1.807, 2.05) is 23.1 Å². The Morgan fingerprint density at radius 1 is 1.17 bits per heavy atom. The Balaban J connectivity index is 1.29. The molecule has 2 amide bonds. The molecule has 30 heavy (non-hydrogen) atoms. The number of carbonyl (C=O) groups excluding carboxylic acids is 2. The summed E-state index contributed by atoms with van der Waals surface area (Å²) in [5, 5.41) is 3.27. The summed E-state index contributed by atoms with van der Waals surface area (Å²) in [6.45, 7) is 1.42. The number of benzene rings is 1. The first-order chi connectivity index (χ1) is 14.6. The van der Waals surface area contributed by atoms with E-state index in [4.69, 9.17) is 4.74 Å². The summed E-state index contributed by atoms with van der Waals surface area (Å²) in [5.74, 6) is 0.629. The number of likely N-dealkylation sites (tertiary alicyclic amines) is 1. The van der Waals surface area contributed by atoms with Crippen LogP contribution in [0.5, 0.6) is 5.75 Å². The van der Waals surface area contributed by atoms with Crippen LogP contribution in [0.4, 0.5) is 0 Å². The van der Waals surface area contributed by atoms with Crippen LogP contribution in [-0.4, -0.2) is 47.9 Å². The maximum Gasteiger partial charge on any atom is 0.257 e. The van der Waals surface area contributed by atoms with Crippen molar-refractivity contribution < 1.29 is 14.3 Å². The molecule has 1 spiro atoms. The van der Waals surface area contributed by atoms with E-state index < -0.39 is 0 Å². The van der Waals surface area contributed by atoms with Crippen LogP contribution in [0.2, 0.25) is 0 Å². The molecular weight excluding hydrogens is 378 g/mol. The van der Waals surface area contributed by atoms with Gasteiger partial charge in [0.2, 0.25) is 5.91 Å². The van der Waals surface area contributed by atoms with Gasteiger partial charge in [-0.15, -0.1) is 0 Å². The van der Waals surface area contributed by atoms with Gasteiger partial charge in [-0.1, -0.05) is 30.3 Å². The minimum Gasteiger partial charge on any atom is -0.494 e. The van der Waals surface area contributed by atoms with Gasteiger partial charge in [0, 0.05) is 31.7 Å². The Labute approximate surface area is 177 Å². The quantitative estimate of drug-likeness (QED) is 0.798. The second-order valence-electron chi connectivity index (χ2n) is 8.37. The number of ether oxygens (including phenoxy) is 1. The van der Waals surface area contributed by atoms with Crippen LogP contribution in [0.3, 0.4) is 0 Å². The number of aryl methyl sites for hydroxylation is 1. The van der Waals surface area contributed by atoms with Gasteiger partial charge in [0.25, 0.3) is 5.91 Å². The molecule has 2 heterocycles. The summed E-state index contributed by atoms with van der Waals surface area (Å²) in [4.78, 5) is 31.3. The molecule has 1 saturated heterocycles. The normalized spacial score (nSPS) is 19.8. The Morgan fingerprint density at radius 3 is 2.60 bits per heavy atom. The molecule has 1 aromatic carbocycles. The van der Waals surface area contributed by atoms with E-state index in [-0.39, 0.29) is 23.3 Å². The summed E-state index contributed by atoms with van der Waals surface area (Å²) in [6.07, 6.45) is 8.48. The van der Waals surface area contributed by atoms with Crippen molar-refractivity contribution in [2.24, 2.45) is 5.41 Å². The highest BCUT2D eigenvalue weighted by Crippen LogP contribution is 2.49. The molecular formula is C24H29N3O3. The maximum atomic E-state index is 12.9. The van der Waals surface area contributed by atoms with Gasteiger partial charge in [0.1, 0.15) is 5.75 Å². The van der Waals surface area contributed by atoms with Crippen LogP contribution >= 0.6 is 0 Å². The van der Waals surface area contributed by atoms with E-state index in [0.717, 1.165) is 32.1 Å². The molecule has 0 bridgehead atoms. The third-order valence-corrected chi connectivity index (χ3v) is 6.77. The number of aromatic nitrogens is 1. The molecule has 2 aromatic rings. The van der Waals surface area contributed by atoms with E-state index >= 15 is 0 Å². The highest BCUT2D eigenvalue weighted by atomic mass is 16.5. The molecule has 1 aromatic heterocycles. The van der Waals surface area contributed by atoms with Crippen LogP contribution in [0, 0.1) is 5.41 Å². The number of hydrogen-bond donors (Lipinski definition) is 1. The molecule has 6 heteroatoms. The van der Waals surface area contributed by atoms with Crippen molar-refractivity contribution in [3.63, 3.8) is 0 Å². The van der Waals surface area contributed by atoms with Crippen LogP contribution < -0.4 is 10.1 Å². The predicted octanol–water partition coefficient (Wildman–Crippen LogP) is 3.22. The lowest BCUT2D eigenvalue weighted by Crippen LogP contribution is -2.59. The lowest BCUT2D eigenvalue weighted by atomic mass is 9.59. The van der Waals surface area contributed by atoms with Gasteiger partial charge >= 0.3 is 0 Å². The number of methoxy groups -OCH3 is 1. The lowest BCUT2D eigenvalue weighted by Gasteiger charge is -2.54. The Bertz CT molecular complexity index is 892. The first-order valence-corrected chi connectivity index (χ1v) is 10.7. The average molecular weight is 408 g/mol. The Morgan fingerprint density at radius 2 is 1.93 bits per heavy atom. The fourth-order valence-electron chi connectivity index (χ4n) is 4.73. The lowest BCUT2D eigenvalue weighted by molar-refractivity contribution is -0.125. The molecule has 158 valence electrons. The second kappa shape index (κ2) is 8.86. The molecule has 2 aliphatic rings. The van der Waals surface area contributed by atoms with Crippen molar-refractivity contribution in [3.05, 3.63) is 59.9 Å². The van der Waals surface area contributed by atoms with Gasteiger partial charge in [-0.25, -0.2) is 0 Å². The zero-order valence-electron chi connectivity index (χ0n) is 17.5. The monoisotopic (exact) mass is 407 g/mol. The summed E-state index contributed by atoms with van der Waals surface area (Å²) < 4.78 is 5.29. The van der Waals surface area contributed by atoms with Gasteiger partial charge in [0.15, 0.2) is 0 Å². The number of hydrogen-bond acceptors (Lipinski definition) is 4. The van der Waals surface area contributed by atoms with Crippen LogP contribution in [0.25, 0.3) is 0 Å². The number of rotatable bonds is 6. The number of carbonyl (C=O) groups is 2. The number of amides is 2. The molecule has 1 aliphatic carbocycles. The molecule has 1 saturated carbocycles. The summed E-state index contributed by atoms with van der Waals surface area (Å²) in [6, 6.07) is 12.1. The number of nitrogens with one attached hydrogen (secondary N) is 1. The fourth-order valence-corrected chi connectivity index (χ4v) is 4.73. The standard InChI is InChI=1S/C24H29N3O3/c1-30-20-17-25-14-10-19(20)23(29)27-15-12-24(13-16-27)11-9-21(24)26-22(28)8-7-18-5-3-2-4-6-18/h2-6,10,14,17,21H,7-9,11-13,15-16H2,1H3,(H,26,28). The van der Waals surface area contributed by atoms with E-state index in [9.17, 15) is 9.59 Å². The zero-order valence-corrected chi connectivity index (χ0v) is 17.5. The minimum atomic E-state index is -0.00753. The molecule has 6 nitrogen and oxygen atoms in total. The van der Waals surface area contributed by atoms with E-state index in [1.54, 1.807) is 25.6 Å². The fraction of sp³-hybridized carbons (Fsp3) is 0.458. The summed E-state index contributed by atoms with van der Waals surface area (Å²) in [7, 11) is 1.55. The number of pyridine rings is 1. The van der Waals surface area contributed by atoms with Gasteiger partial charge in [-0.3, -0.25) is 14.6 Å². The van der Waals surface area contributed by atoms with Gasteiger partial charge in [-0.05, 0) is 49.1 Å². The highest BCUT2D eigenvalue weighted by Gasteiger charge is 2.49. The van der Waals surface area contributed by atoms with E-state index in [0.29, 0.717) is 30.8 Å². The minimum absolute atomic E-state index is 0.00753. The number of nitrogens with zero attached hydrogens (tertiary/aromatic N) is 2. The maximum absolute atomic E-state index is 12.9.